The number of fused-ring (bicyclic) bond motifs is 1. The number of nitrogens with one attached hydrogen (secondary N) is 1. The van der Waals surface area contributed by atoms with Crippen LogP contribution in [0.15, 0.2) is 43.0 Å². The van der Waals surface area contributed by atoms with Crippen molar-refractivity contribution in [2.75, 3.05) is 5.73 Å². The van der Waals surface area contributed by atoms with Crippen molar-refractivity contribution in [1.29, 1.82) is 0 Å². The van der Waals surface area contributed by atoms with Crippen molar-refractivity contribution in [3.8, 4) is 0 Å². The van der Waals surface area contributed by atoms with E-state index in [9.17, 15) is 0 Å². The van der Waals surface area contributed by atoms with E-state index in [1.807, 2.05) is 22.8 Å². The summed E-state index contributed by atoms with van der Waals surface area (Å²) in [5, 5.41) is 0. The number of nitrogen functional groups attached to an aromatic ring is 1. The van der Waals surface area contributed by atoms with Gasteiger partial charge in [-0.3, -0.25) is 0 Å². The third kappa shape index (κ3) is 1.71. The van der Waals surface area contributed by atoms with E-state index >= 15 is 0 Å². The van der Waals surface area contributed by atoms with Crippen molar-refractivity contribution >= 4 is 17.0 Å². The van der Waals surface area contributed by atoms with Crippen LogP contribution in [0.25, 0.3) is 11.2 Å². The Labute approximate surface area is 98.0 Å². The molecule has 0 aliphatic heterocycles. The zero-order valence-corrected chi connectivity index (χ0v) is 9.17. The molecule has 5 heteroatoms. The van der Waals surface area contributed by atoms with Gasteiger partial charge in [0.15, 0.2) is 11.8 Å². The number of aromatic amines is 1. The van der Waals surface area contributed by atoms with E-state index in [-0.39, 0.29) is 0 Å². The average Bonchev–Trinajstić information content (AvgIpc) is 2.84. The first kappa shape index (κ1) is 9.77. The van der Waals surface area contributed by atoms with E-state index < -0.39 is 0 Å². The number of benzene rings is 1. The summed E-state index contributed by atoms with van der Waals surface area (Å²) in [6, 6.07) is 10.2. The van der Waals surface area contributed by atoms with Crippen molar-refractivity contribution in [1.82, 2.24) is 15.0 Å². The minimum atomic E-state index is 0.474. The molecule has 0 aliphatic carbocycles. The lowest BCUT2D eigenvalue weighted by Gasteiger charge is -2.01. The second-order valence-electron chi connectivity index (χ2n) is 3.84. The summed E-state index contributed by atoms with van der Waals surface area (Å²) in [5.41, 5.74) is 8.57. The summed E-state index contributed by atoms with van der Waals surface area (Å²) < 4.78 is 1.97. The van der Waals surface area contributed by atoms with Gasteiger partial charge in [0.2, 0.25) is 12.1 Å². The van der Waals surface area contributed by atoms with Crippen molar-refractivity contribution < 1.29 is 4.57 Å². The van der Waals surface area contributed by atoms with E-state index in [2.05, 4.69) is 27.1 Å². The molecule has 0 bridgehead atoms. The predicted molar refractivity (Wildman–Crippen MR) is 64.0 cm³/mol. The highest BCUT2D eigenvalue weighted by atomic mass is 15.1. The third-order valence-electron chi connectivity index (χ3n) is 2.68. The van der Waals surface area contributed by atoms with Gasteiger partial charge in [0.25, 0.3) is 5.65 Å². The molecule has 0 unspecified atom stereocenters. The molecule has 3 N–H and O–H groups in total. The van der Waals surface area contributed by atoms with Crippen molar-refractivity contribution in [3.63, 3.8) is 0 Å². The van der Waals surface area contributed by atoms with Crippen LogP contribution >= 0.6 is 0 Å². The van der Waals surface area contributed by atoms with Gasteiger partial charge in [-0.15, -0.1) is 0 Å². The highest BCUT2D eigenvalue weighted by molar-refractivity contribution is 5.78. The lowest BCUT2D eigenvalue weighted by Crippen LogP contribution is -2.36. The number of imidazole rings is 1. The molecule has 3 aromatic rings. The number of nitrogens with two attached hydrogens (primary N) is 1. The molecule has 2 heterocycles. The quantitative estimate of drug-likeness (QED) is 0.637. The van der Waals surface area contributed by atoms with Crippen LogP contribution in [0, 0.1) is 0 Å². The molecule has 0 spiro atoms. The largest absolute Gasteiger partial charge is 0.368 e. The molecule has 84 valence electrons. The van der Waals surface area contributed by atoms with E-state index in [1.54, 1.807) is 12.7 Å². The van der Waals surface area contributed by atoms with E-state index in [4.69, 9.17) is 5.73 Å². The number of rotatable bonds is 2. The first-order valence-electron chi connectivity index (χ1n) is 5.35. The number of hydrogen-bond donors (Lipinski definition) is 2. The molecule has 0 radical (unpaired) electrons. The summed E-state index contributed by atoms with van der Waals surface area (Å²) >= 11 is 0. The Morgan fingerprint density at radius 1 is 1.18 bits per heavy atom. The van der Waals surface area contributed by atoms with Crippen molar-refractivity contribution in [3.05, 3.63) is 48.5 Å². The molecule has 3 rings (SSSR count). The maximum Gasteiger partial charge on any atom is 0.293 e. The molecule has 0 saturated heterocycles. The zero-order chi connectivity index (χ0) is 11.7. The fourth-order valence-electron chi connectivity index (χ4n) is 1.84. The average molecular weight is 226 g/mol. The SMILES string of the molecule is Nc1nc[n+](Cc2ccccc2)c2nc[nH]c12. The molecule has 0 fully saturated rings. The normalized spacial score (nSPS) is 10.8. The summed E-state index contributed by atoms with van der Waals surface area (Å²) in [6.07, 6.45) is 3.34. The van der Waals surface area contributed by atoms with Gasteiger partial charge < -0.3 is 10.7 Å². The summed E-state index contributed by atoms with van der Waals surface area (Å²) in [7, 11) is 0. The predicted octanol–water partition coefficient (Wildman–Crippen LogP) is 0.876. The lowest BCUT2D eigenvalue weighted by atomic mass is 10.2. The Morgan fingerprint density at radius 3 is 2.82 bits per heavy atom. The van der Waals surface area contributed by atoms with Crippen LogP contribution in [-0.4, -0.2) is 15.0 Å². The van der Waals surface area contributed by atoms with Crippen LogP contribution in [0.3, 0.4) is 0 Å². The topological polar surface area (TPSA) is 71.5 Å². The molecule has 17 heavy (non-hydrogen) atoms. The van der Waals surface area contributed by atoms with Gasteiger partial charge in [0, 0.05) is 0 Å². The molecule has 0 saturated carbocycles. The van der Waals surface area contributed by atoms with Gasteiger partial charge in [-0.1, -0.05) is 40.3 Å². The van der Waals surface area contributed by atoms with E-state index in [0.717, 1.165) is 17.7 Å². The Morgan fingerprint density at radius 2 is 2.00 bits per heavy atom. The highest BCUT2D eigenvalue weighted by Crippen LogP contribution is 2.09. The first-order chi connectivity index (χ1) is 8.34. The minimum Gasteiger partial charge on any atom is -0.368 e. The van der Waals surface area contributed by atoms with Crippen LogP contribution in [0.4, 0.5) is 5.82 Å². The number of anilines is 1. The van der Waals surface area contributed by atoms with Crippen LogP contribution in [0.1, 0.15) is 5.56 Å². The van der Waals surface area contributed by atoms with Gasteiger partial charge in [-0.05, 0) is 5.56 Å². The molecule has 0 atom stereocenters. The van der Waals surface area contributed by atoms with Gasteiger partial charge >= 0.3 is 0 Å². The van der Waals surface area contributed by atoms with Crippen molar-refractivity contribution in [2.45, 2.75) is 6.54 Å². The minimum absolute atomic E-state index is 0.474. The van der Waals surface area contributed by atoms with Gasteiger partial charge in [0.05, 0.1) is 6.54 Å². The number of aromatic nitrogens is 4. The van der Waals surface area contributed by atoms with Crippen molar-refractivity contribution in [2.24, 2.45) is 0 Å². The molecular formula is C12H12N5+. The lowest BCUT2D eigenvalue weighted by molar-refractivity contribution is -0.667. The Bertz CT molecular complexity index is 644. The van der Waals surface area contributed by atoms with Gasteiger partial charge in [0.1, 0.15) is 0 Å². The number of H-pyrrole nitrogens is 1. The fourth-order valence-corrected chi connectivity index (χ4v) is 1.84. The van der Waals surface area contributed by atoms with E-state index in [0.29, 0.717) is 5.82 Å². The number of nitrogens with zero attached hydrogens (tertiary/aromatic N) is 3. The standard InChI is InChI=1S/C12H11N5/c13-11-10-12(15-7-14-10)17(8-16-11)6-9-4-2-1-3-5-9/h1-5,7-8H,6H2,(H2,13,14,15)/p+1. The van der Waals surface area contributed by atoms with Crippen LogP contribution < -0.4 is 10.3 Å². The second kappa shape index (κ2) is 3.86. The van der Waals surface area contributed by atoms with Crippen LogP contribution in [-0.2, 0) is 6.54 Å². The van der Waals surface area contributed by atoms with Gasteiger partial charge in [-0.2, -0.15) is 0 Å². The Hall–Kier alpha value is -2.43. The maximum absolute atomic E-state index is 5.77. The smallest absolute Gasteiger partial charge is 0.293 e. The Balaban J connectivity index is 2.07. The second-order valence-corrected chi connectivity index (χ2v) is 3.84. The zero-order valence-electron chi connectivity index (χ0n) is 9.17. The number of hydrogen-bond acceptors (Lipinski definition) is 3. The van der Waals surface area contributed by atoms with Gasteiger partial charge in [-0.25, -0.2) is 4.57 Å². The molecule has 0 amide bonds. The molecule has 2 aromatic heterocycles. The third-order valence-corrected chi connectivity index (χ3v) is 2.68. The summed E-state index contributed by atoms with van der Waals surface area (Å²) in [6.45, 7) is 0.732. The molecule has 1 aromatic carbocycles. The molecule has 5 nitrogen and oxygen atoms in total. The Kier molecular flexibility index (Phi) is 2.22. The summed E-state index contributed by atoms with van der Waals surface area (Å²) in [4.78, 5) is 11.4. The molecular weight excluding hydrogens is 214 g/mol. The van der Waals surface area contributed by atoms with E-state index in [1.165, 1.54) is 5.56 Å². The van der Waals surface area contributed by atoms with Crippen LogP contribution in [0.2, 0.25) is 0 Å². The summed E-state index contributed by atoms with van der Waals surface area (Å²) in [5.74, 6) is 0.474. The monoisotopic (exact) mass is 226 g/mol. The first-order valence-corrected chi connectivity index (χ1v) is 5.35. The fraction of sp³-hybridized carbons (Fsp3) is 0.0833. The molecule has 0 aliphatic rings. The maximum atomic E-state index is 5.77. The van der Waals surface area contributed by atoms with Crippen LogP contribution in [0.5, 0.6) is 0 Å². The highest BCUT2D eigenvalue weighted by Gasteiger charge is 2.14.